The second-order valence-corrected chi connectivity index (χ2v) is 7.77. The molecule has 0 aliphatic rings. The van der Waals surface area contributed by atoms with Gasteiger partial charge in [-0.05, 0) is 25.0 Å². The Kier molecular flexibility index (Phi) is 5.79. The van der Waals surface area contributed by atoms with Crippen LogP contribution in [0.25, 0.3) is 0 Å². The zero-order valence-electron chi connectivity index (χ0n) is 10.6. The molecule has 8 heteroatoms. The third-order valence-corrected chi connectivity index (χ3v) is 6.04. The largest absolute Gasteiger partial charge is 0.480 e. The van der Waals surface area contributed by atoms with Crippen LogP contribution < -0.4 is 4.72 Å². The number of rotatable bonds is 7. The Balaban J connectivity index is 2.90. The summed E-state index contributed by atoms with van der Waals surface area (Å²) in [6.07, 6.45) is 1.71. The minimum absolute atomic E-state index is 0.0396. The van der Waals surface area contributed by atoms with Crippen LogP contribution in [-0.4, -0.2) is 25.5 Å². The Hall–Kier alpha value is -0.630. The number of aryl methyl sites for hydroxylation is 1. The Morgan fingerprint density at radius 2 is 2.21 bits per heavy atom. The van der Waals surface area contributed by atoms with Crippen LogP contribution in [0, 0.1) is 6.92 Å². The zero-order chi connectivity index (χ0) is 14.6. The molecule has 0 spiro atoms. The van der Waals surface area contributed by atoms with E-state index in [4.69, 9.17) is 16.7 Å². The zero-order valence-corrected chi connectivity index (χ0v) is 13.0. The fourth-order valence-electron chi connectivity index (χ4n) is 1.45. The number of carbonyl (C=O) groups is 1. The number of carboxylic acid groups (broad SMARTS) is 1. The molecule has 5 nitrogen and oxygen atoms in total. The lowest BCUT2D eigenvalue weighted by Gasteiger charge is -2.13. The first-order valence-electron chi connectivity index (χ1n) is 5.79. The number of unbranched alkanes of at least 4 members (excludes halogenated alkanes) is 1. The van der Waals surface area contributed by atoms with Gasteiger partial charge < -0.3 is 5.11 Å². The van der Waals surface area contributed by atoms with E-state index in [1.165, 1.54) is 6.07 Å². The third-order valence-electron chi connectivity index (χ3n) is 2.54. The molecule has 19 heavy (non-hydrogen) atoms. The first-order valence-corrected chi connectivity index (χ1v) is 8.46. The van der Waals surface area contributed by atoms with Gasteiger partial charge in [-0.15, -0.1) is 11.3 Å². The molecular formula is C11H16ClNO4S2. The van der Waals surface area contributed by atoms with Crippen molar-refractivity contribution >= 4 is 38.9 Å². The van der Waals surface area contributed by atoms with E-state index in [-0.39, 0.29) is 10.6 Å². The van der Waals surface area contributed by atoms with E-state index in [1.54, 1.807) is 6.92 Å². The Bertz CT molecular complexity index is 534. The summed E-state index contributed by atoms with van der Waals surface area (Å²) in [5.74, 6) is -1.17. The van der Waals surface area contributed by atoms with Crippen molar-refractivity contribution in [1.82, 2.24) is 4.72 Å². The molecule has 0 radical (unpaired) electrons. The highest BCUT2D eigenvalue weighted by molar-refractivity contribution is 7.91. The first kappa shape index (κ1) is 16.4. The number of sulfonamides is 1. The molecule has 1 aromatic rings. The summed E-state index contributed by atoms with van der Waals surface area (Å²) in [5.41, 5.74) is 0.660. The highest BCUT2D eigenvalue weighted by atomic mass is 35.5. The van der Waals surface area contributed by atoms with Crippen molar-refractivity contribution in [2.24, 2.45) is 0 Å². The number of thiophene rings is 1. The van der Waals surface area contributed by atoms with Gasteiger partial charge in [-0.25, -0.2) is 8.42 Å². The molecule has 1 rings (SSSR count). The molecule has 1 aromatic heterocycles. The van der Waals surface area contributed by atoms with Crippen LogP contribution in [0.2, 0.25) is 4.34 Å². The van der Waals surface area contributed by atoms with Crippen LogP contribution in [-0.2, 0) is 14.8 Å². The molecule has 2 N–H and O–H groups in total. The van der Waals surface area contributed by atoms with Gasteiger partial charge >= 0.3 is 5.97 Å². The van der Waals surface area contributed by atoms with Crippen LogP contribution in [0.4, 0.5) is 0 Å². The molecule has 1 heterocycles. The number of hydrogen-bond donors (Lipinski definition) is 2. The quantitative estimate of drug-likeness (QED) is 0.807. The molecule has 0 aromatic carbocycles. The van der Waals surface area contributed by atoms with Crippen molar-refractivity contribution in [2.45, 2.75) is 43.4 Å². The van der Waals surface area contributed by atoms with Crippen LogP contribution in [0.1, 0.15) is 31.7 Å². The predicted molar refractivity (Wildman–Crippen MR) is 75.3 cm³/mol. The average molecular weight is 326 g/mol. The van der Waals surface area contributed by atoms with Crippen LogP contribution in [0.15, 0.2) is 10.3 Å². The van der Waals surface area contributed by atoms with Crippen LogP contribution in [0.3, 0.4) is 0 Å². The average Bonchev–Trinajstić information content (AvgIpc) is 2.65. The van der Waals surface area contributed by atoms with Gasteiger partial charge in [0, 0.05) is 0 Å². The third kappa shape index (κ3) is 4.45. The van der Waals surface area contributed by atoms with Gasteiger partial charge in [-0.1, -0.05) is 31.4 Å². The maximum absolute atomic E-state index is 12.1. The van der Waals surface area contributed by atoms with Gasteiger partial charge in [0.1, 0.15) is 10.3 Å². The highest BCUT2D eigenvalue weighted by Crippen LogP contribution is 2.30. The number of hydrogen-bond acceptors (Lipinski definition) is 4. The van der Waals surface area contributed by atoms with E-state index < -0.39 is 22.0 Å². The van der Waals surface area contributed by atoms with Crippen LogP contribution in [0.5, 0.6) is 0 Å². The second-order valence-electron chi connectivity index (χ2n) is 4.18. The van der Waals surface area contributed by atoms with E-state index in [1.807, 2.05) is 6.92 Å². The highest BCUT2D eigenvalue weighted by Gasteiger charge is 2.26. The molecule has 0 saturated carbocycles. The van der Waals surface area contributed by atoms with Gasteiger partial charge in [0.2, 0.25) is 0 Å². The maximum Gasteiger partial charge on any atom is 0.321 e. The van der Waals surface area contributed by atoms with Crippen molar-refractivity contribution in [2.75, 3.05) is 0 Å². The number of halogens is 1. The van der Waals surface area contributed by atoms with E-state index in [0.717, 1.165) is 17.8 Å². The van der Waals surface area contributed by atoms with Crippen LogP contribution >= 0.6 is 22.9 Å². The SMILES string of the molecule is CCCCC(NS(=O)(=O)c1cc(C)c(Cl)s1)C(=O)O. The molecule has 0 saturated heterocycles. The monoisotopic (exact) mass is 325 g/mol. The molecular weight excluding hydrogens is 310 g/mol. The first-order chi connectivity index (χ1) is 8.77. The minimum Gasteiger partial charge on any atom is -0.480 e. The van der Waals surface area contributed by atoms with E-state index in [0.29, 0.717) is 16.3 Å². The summed E-state index contributed by atoms with van der Waals surface area (Å²) < 4.78 is 26.7. The number of aliphatic carboxylic acids is 1. The van der Waals surface area contributed by atoms with Crippen molar-refractivity contribution in [3.05, 3.63) is 16.0 Å². The maximum atomic E-state index is 12.1. The van der Waals surface area contributed by atoms with E-state index in [9.17, 15) is 13.2 Å². The van der Waals surface area contributed by atoms with Gasteiger partial charge in [-0.2, -0.15) is 4.72 Å². The summed E-state index contributed by atoms with van der Waals surface area (Å²) >= 11 is 6.75. The van der Waals surface area contributed by atoms with Crippen molar-refractivity contribution in [1.29, 1.82) is 0 Å². The molecule has 0 bridgehead atoms. The van der Waals surface area contributed by atoms with Gasteiger partial charge in [0.25, 0.3) is 10.0 Å². The summed E-state index contributed by atoms with van der Waals surface area (Å²) in [6, 6.07) is 0.333. The summed E-state index contributed by atoms with van der Waals surface area (Å²) in [6.45, 7) is 3.61. The lowest BCUT2D eigenvalue weighted by atomic mass is 10.1. The fraction of sp³-hybridized carbons (Fsp3) is 0.545. The molecule has 0 amide bonds. The summed E-state index contributed by atoms with van der Waals surface area (Å²) in [5, 5.41) is 9.02. The van der Waals surface area contributed by atoms with Crippen molar-refractivity contribution in [3.8, 4) is 0 Å². The molecule has 0 fully saturated rings. The molecule has 1 unspecified atom stereocenters. The Labute approximate surface area is 121 Å². The fourth-order valence-corrected chi connectivity index (χ4v) is 4.40. The van der Waals surface area contributed by atoms with Gasteiger partial charge in [0.05, 0.1) is 4.34 Å². The smallest absolute Gasteiger partial charge is 0.321 e. The van der Waals surface area contributed by atoms with Crippen molar-refractivity contribution in [3.63, 3.8) is 0 Å². The van der Waals surface area contributed by atoms with E-state index >= 15 is 0 Å². The molecule has 0 aliphatic heterocycles. The van der Waals surface area contributed by atoms with Gasteiger partial charge in [-0.3, -0.25) is 4.79 Å². The predicted octanol–water partition coefficient (Wildman–Crippen LogP) is 2.63. The number of carboxylic acids is 1. The molecule has 108 valence electrons. The molecule has 1 atom stereocenters. The Morgan fingerprint density at radius 3 is 2.63 bits per heavy atom. The van der Waals surface area contributed by atoms with Gasteiger partial charge in [0.15, 0.2) is 0 Å². The van der Waals surface area contributed by atoms with E-state index in [2.05, 4.69) is 4.72 Å². The van der Waals surface area contributed by atoms with Crippen molar-refractivity contribution < 1.29 is 18.3 Å². The molecule has 0 aliphatic carbocycles. The topological polar surface area (TPSA) is 83.5 Å². The summed E-state index contributed by atoms with van der Waals surface area (Å²) in [4.78, 5) is 11.0. The summed E-state index contributed by atoms with van der Waals surface area (Å²) in [7, 11) is -3.83. The number of nitrogens with one attached hydrogen (secondary N) is 1. The standard InChI is InChI=1S/C11H16ClNO4S2/c1-3-4-5-8(11(14)15)13-19(16,17)9-6-7(2)10(12)18-9/h6,8,13H,3-5H2,1-2H3,(H,14,15). The second kappa shape index (κ2) is 6.69. The Morgan fingerprint density at radius 1 is 1.58 bits per heavy atom. The minimum atomic E-state index is -3.83. The normalized spacial score (nSPS) is 13.4. The lowest BCUT2D eigenvalue weighted by molar-refractivity contribution is -0.139. The lowest BCUT2D eigenvalue weighted by Crippen LogP contribution is -2.40.